The molecule has 0 aliphatic rings. The summed E-state index contributed by atoms with van der Waals surface area (Å²) in [6.07, 6.45) is 1.36. The van der Waals surface area contributed by atoms with E-state index in [0.29, 0.717) is 12.8 Å². The Morgan fingerprint density at radius 2 is 1.00 bits per heavy atom. The van der Waals surface area contributed by atoms with Crippen LogP contribution in [0.15, 0.2) is 58.3 Å². The molecule has 0 unspecified atom stereocenters. The number of hydrogen-bond donors (Lipinski definition) is 0. The van der Waals surface area contributed by atoms with Crippen LogP contribution in [0.25, 0.3) is 20.2 Å². The average molecular weight is 522 g/mol. The number of hydrogen-bond acceptors (Lipinski definition) is 6. The van der Waals surface area contributed by atoms with E-state index >= 15 is 0 Å². The first-order chi connectivity index (χ1) is 14.1. The average Bonchev–Trinajstić information content (AvgIpc) is 3.25. The number of halogens is 2. The smallest absolute Gasteiger partial charge is 0.207 e. The normalized spacial score (nSPS) is 12.1. The highest BCUT2D eigenvalue weighted by Gasteiger charge is 2.22. The van der Waals surface area contributed by atoms with Gasteiger partial charge in [0.15, 0.2) is 0 Å². The molecule has 0 radical (unpaired) electrons. The van der Waals surface area contributed by atoms with Crippen molar-refractivity contribution < 1.29 is 16.8 Å². The molecule has 0 bridgehead atoms. The Bertz CT molecular complexity index is 1310. The number of thiophene rings is 2. The van der Waals surface area contributed by atoms with Crippen molar-refractivity contribution in [1.82, 2.24) is 0 Å². The quantitative estimate of drug-likeness (QED) is 0.278. The van der Waals surface area contributed by atoms with E-state index in [2.05, 4.69) is 0 Å². The Morgan fingerprint density at radius 3 is 1.30 bits per heavy atom. The van der Waals surface area contributed by atoms with Gasteiger partial charge in [-0.2, -0.15) is 0 Å². The van der Waals surface area contributed by atoms with Crippen molar-refractivity contribution in [1.29, 1.82) is 0 Å². The minimum Gasteiger partial charge on any atom is -0.207 e. The first-order valence-corrected chi connectivity index (χ1v) is 15.2. The van der Waals surface area contributed by atoms with Crippen LogP contribution in [-0.2, 0) is 30.9 Å². The summed E-state index contributed by atoms with van der Waals surface area (Å²) in [7, 11) is 3.59. The summed E-state index contributed by atoms with van der Waals surface area (Å²) in [5.74, 6) is 0. The maximum atomic E-state index is 11.5. The van der Waals surface area contributed by atoms with E-state index in [1.54, 1.807) is 12.1 Å². The molecule has 2 heterocycles. The zero-order chi connectivity index (χ0) is 22.1. The monoisotopic (exact) mass is 520 g/mol. The fourth-order valence-electron chi connectivity index (χ4n) is 3.15. The van der Waals surface area contributed by atoms with Gasteiger partial charge in [0.2, 0.25) is 0 Å². The lowest BCUT2D eigenvalue weighted by atomic mass is 10.2. The first kappa shape index (κ1) is 23.5. The van der Waals surface area contributed by atoms with E-state index in [1.807, 2.05) is 50.2 Å². The molecule has 0 N–H and O–H groups in total. The van der Waals surface area contributed by atoms with E-state index in [0.717, 1.165) is 29.9 Å². The standard InChI is InChI=1S/2C10H9ClO2S2/c2*1-2-8-10(15(11,12)13)7-5-3-4-6-9(7)14-8/h2*3-6H,2H2,1H3. The summed E-state index contributed by atoms with van der Waals surface area (Å²) in [5, 5.41) is 1.46. The number of aryl methyl sites for hydroxylation is 2. The topological polar surface area (TPSA) is 68.3 Å². The Hall–Kier alpha value is -1.16. The zero-order valence-electron chi connectivity index (χ0n) is 16.1. The van der Waals surface area contributed by atoms with E-state index < -0.39 is 18.1 Å². The fraction of sp³-hybridized carbons (Fsp3) is 0.200. The summed E-state index contributed by atoms with van der Waals surface area (Å²) >= 11 is 2.97. The Kier molecular flexibility index (Phi) is 7.16. The first-order valence-electron chi connectivity index (χ1n) is 8.98. The molecule has 4 aromatic rings. The van der Waals surface area contributed by atoms with Crippen molar-refractivity contribution in [2.75, 3.05) is 0 Å². The van der Waals surface area contributed by atoms with Gasteiger partial charge in [-0.05, 0) is 25.0 Å². The molecule has 0 aliphatic heterocycles. The predicted octanol–water partition coefficient (Wildman–Crippen LogP) is 6.78. The minimum absolute atomic E-state index is 0.285. The van der Waals surface area contributed by atoms with E-state index in [-0.39, 0.29) is 9.79 Å². The van der Waals surface area contributed by atoms with E-state index in [9.17, 15) is 16.8 Å². The maximum Gasteiger partial charge on any atom is 0.263 e. The van der Waals surface area contributed by atoms with Gasteiger partial charge in [0, 0.05) is 51.3 Å². The maximum absolute atomic E-state index is 11.5. The summed E-state index contributed by atoms with van der Waals surface area (Å²) in [5.41, 5.74) is 0. The third kappa shape index (κ3) is 4.84. The summed E-state index contributed by atoms with van der Waals surface area (Å²) < 4.78 is 47.8. The molecule has 0 amide bonds. The van der Waals surface area contributed by atoms with Crippen molar-refractivity contribution in [2.24, 2.45) is 0 Å². The summed E-state index contributed by atoms with van der Waals surface area (Å²) in [6.45, 7) is 3.85. The Balaban J connectivity index is 0.000000171. The van der Waals surface area contributed by atoms with Crippen LogP contribution >= 0.6 is 44.0 Å². The van der Waals surface area contributed by atoms with E-state index in [4.69, 9.17) is 21.4 Å². The number of fused-ring (bicyclic) bond motifs is 2. The van der Waals surface area contributed by atoms with Gasteiger partial charge in [-0.15, -0.1) is 22.7 Å². The molecule has 2 aromatic carbocycles. The van der Waals surface area contributed by atoms with Crippen LogP contribution in [0.5, 0.6) is 0 Å². The molecule has 0 aliphatic carbocycles. The van der Waals surface area contributed by atoms with E-state index in [1.165, 1.54) is 22.7 Å². The number of benzene rings is 2. The van der Waals surface area contributed by atoms with Crippen LogP contribution in [-0.4, -0.2) is 16.8 Å². The second kappa shape index (κ2) is 9.14. The largest absolute Gasteiger partial charge is 0.263 e. The lowest BCUT2D eigenvalue weighted by molar-refractivity contribution is 0.608. The van der Waals surface area contributed by atoms with Gasteiger partial charge in [0.25, 0.3) is 18.1 Å². The lowest BCUT2D eigenvalue weighted by Crippen LogP contribution is -1.92. The SMILES string of the molecule is CCc1sc2ccccc2c1S(=O)(=O)Cl.CCc1sc2ccccc2c1S(=O)(=O)Cl. The number of rotatable bonds is 4. The molecular weight excluding hydrogens is 503 g/mol. The van der Waals surface area contributed by atoms with Gasteiger partial charge in [-0.25, -0.2) is 16.8 Å². The van der Waals surface area contributed by atoms with Gasteiger partial charge in [-0.3, -0.25) is 0 Å². The van der Waals surface area contributed by atoms with Crippen molar-refractivity contribution >= 4 is 82.3 Å². The molecule has 0 saturated heterocycles. The van der Waals surface area contributed by atoms with Crippen LogP contribution in [0.2, 0.25) is 0 Å². The summed E-state index contributed by atoms with van der Waals surface area (Å²) in [6, 6.07) is 14.8. The second-order valence-electron chi connectivity index (χ2n) is 6.28. The highest BCUT2D eigenvalue weighted by atomic mass is 35.7. The summed E-state index contributed by atoms with van der Waals surface area (Å²) in [4.78, 5) is 2.22. The van der Waals surface area contributed by atoms with Gasteiger partial charge in [-0.1, -0.05) is 50.2 Å². The molecular formula is C20H18Cl2O4S4. The Labute approximate surface area is 192 Å². The lowest BCUT2D eigenvalue weighted by Gasteiger charge is -1.96. The van der Waals surface area contributed by atoms with Crippen molar-refractivity contribution in [3.8, 4) is 0 Å². The molecule has 2 aromatic heterocycles. The minimum atomic E-state index is -3.65. The highest BCUT2D eigenvalue weighted by molar-refractivity contribution is 8.14. The molecule has 160 valence electrons. The van der Waals surface area contributed by atoms with Crippen LogP contribution in [0.4, 0.5) is 0 Å². The van der Waals surface area contributed by atoms with Gasteiger partial charge >= 0.3 is 0 Å². The van der Waals surface area contributed by atoms with Crippen molar-refractivity contribution in [3.05, 3.63) is 58.3 Å². The van der Waals surface area contributed by atoms with Crippen LogP contribution in [0.3, 0.4) is 0 Å². The molecule has 10 heteroatoms. The fourth-order valence-corrected chi connectivity index (χ4v) is 9.31. The Morgan fingerprint density at radius 1 is 0.667 bits per heavy atom. The molecule has 4 nitrogen and oxygen atoms in total. The third-order valence-electron chi connectivity index (χ3n) is 4.37. The predicted molar refractivity (Wildman–Crippen MR) is 128 cm³/mol. The van der Waals surface area contributed by atoms with Crippen molar-refractivity contribution in [2.45, 2.75) is 36.5 Å². The second-order valence-corrected chi connectivity index (χ2v) is 13.6. The zero-order valence-corrected chi connectivity index (χ0v) is 20.8. The van der Waals surface area contributed by atoms with Gasteiger partial charge in [0.05, 0.1) is 0 Å². The van der Waals surface area contributed by atoms with Crippen LogP contribution < -0.4 is 0 Å². The molecule has 0 atom stereocenters. The van der Waals surface area contributed by atoms with Gasteiger partial charge in [0.1, 0.15) is 9.79 Å². The molecule has 30 heavy (non-hydrogen) atoms. The van der Waals surface area contributed by atoms with Gasteiger partial charge < -0.3 is 0 Å². The van der Waals surface area contributed by atoms with Crippen LogP contribution in [0.1, 0.15) is 23.6 Å². The molecule has 0 spiro atoms. The molecule has 0 fully saturated rings. The molecule has 0 saturated carbocycles. The molecule has 4 rings (SSSR count). The van der Waals surface area contributed by atoms with Crippen molar-refractivity contribution in [3.63, 3.8) is 0 Å². The highest BCUT2D eigenvalue weighted by Crippen LogP contribution is 2.37. The van der Waals surface area contributed by atoms with Crippen LogP contribution in [0, 0.1) is 0 Å². The third-order valence-corrected chi connectivity index (χ3v) is 10.1.